The van der Waals surface area contributed by atoms with Crippen LogP contribution in [0.1, 0.15) is 48.2 Å². The fourth-order valence-electron chi connectivity index (χ4n) is 2.55. The predicted molar refractivity (Wildman–Crippen MR) is 79.5 cm³/mol. The van der Waals surface area contributed by atoms with Gasteiger partial charge < -0.3 is 5.32 Å². The molecule has 4 heteroatoms. The number of thiazole rings is 1. The normalized spacial score (nSPS) is 28.6. The molecule has 102 valence electrons. The van der Waals surface area contributed by atoms with E-state index in [1.807, 2.05) is 0 Å². The Balaban J connectivity index is 1.94. The van der Waals surface area contributed by atoms with E-state index in [9.17, 15) is 0 Å². The summed E-state index contributed by atoms with van der Waals surface area (Å²) in [5.74, 6) is 1.57. The second kappa shape index (κ2) is 5.89. The van der Waals surface area contributed by atoms with E-state index in [1.165, 1.54) is 35.6 Å². The zero-order valence-corrected chi connectivity index (χ0v) is 13.1. The molecule has 0 radical (unpaired) electrons. The summed E-state index contributed by atoms with van der Waals surface area (Å²) < 4.78 is 0. The van der Waals surface area contributed by atoms with Crippen LogP contribution in [0.5, 0.6) is 0 Å². The highest BCUT2D eigenvalue weighted by molar-refractivity contribution is 7.11. The van der Waals surface area contributed by atoms with Gasteiger partial charge in [-0.1, -0.05) is 6.92 Å². The van der Waals surface area contributed by atoms with Crippen LogP contribution < -0.4 is 5.32 Å². The van der Waals surface area contributed by atoms with Gasteiger partial charge in [0.2, 0.25) is 0 Å². The number of alkyl halides is 1. The lowest BCUT2D eigenvalue weighted by Gasteiger charge is -2.38. The summed E-state index contributed by atoms with van der Waals surface area (Å²) in [6.45, 7) is 7.41. The number of nitrogens with zero attached hydrogens (tertiary/aromatic N) is 1. The van der Waals surface area contributed by atoms with Gasteiger partial charge in [-0.15, -0.1) is 22.9 Å². The molecule has 18 heavy (non-hydrogen) atoms. The van der Waals surface area contributed by atoms with Gasteiger partial charge in [0.05, 0.1) is 5.69 Å². The summed E-state index contributed by atoms with van der Waals surface area (Å²) in [6, 6.07) is 0. The van der Waals surface area contributed by atoms with Crippen LogP contribution in [0, 0.1) is 19.8 Å². The molecular formula is C14H23ClN2S. The van der Waals surface area contributed by atoms with Crippen LogP contribution in [0.3, 0.4) is 0 Å². The maximum absolute atomic E-state index is 6.21. The molecule has 0 aliphatic heterocycles. The summed E-state index contributed by atoms with van der Waals surface area (Å²) in [6.07, 6.45) is 4.97. The Bertz CT molecular complexity index is 375. The van der Waals surface area contributed by atoms with Crippen LogP contribution in [0.25, 0.3) is 0 Å². The summed E-state index contributed by atoms with van der Waals surface area (Å²) in [7, 11) is 0. The Morgan fingerprint density at radius 2 is 2.06 bits per heavy atom. The molecule has 0 unspecified atom stereocenters. The molecule has 0 atom stereocenters. The molecule has 2 nitrogen and oxygen atoms in total. The molecule has 2 rings (SSSR count). The number of aryl methyl sites for hydroxylation is 2. The van der Waals surface area contributed by atoms with E-state index >= 15 is 0 Å². The van der Waals surface area contributed by atoms with Gasteiger partial charge in [0.25, 0.3) is 0 Å². The van der Waals surface area contributed by atoms with Crippen molar-refractivity contribution in [3.63, 3.8) is 0 Å². The molecule has 0 spiro atoms. The molecule has 1 fully saturated rings. The molecular weight excluding hydrogens is 264 g/mol. The first-order valence-electron chi connectivity index (χ1n) is 6.78. The van der Waals surface area contributed by atoms with Gasteiger partial charge in [-0.3, -0.25) is 0 Å². The van der Waals surface area contributed by atoms with Gasteiger partial charge >= 0.3 is 0 Å². The van der Waals surface area contributed by atoms with E-state index in [1.54, 1.807) is 11.3 Å². The Morgan fingerprint density at radius 1 is 1.39 bits per heavy atom. The van der Waals surface area contributed by atoms with Gasteiger partial charge in [-0.25, -0.2) is 4.98 Å². The number of halogens is 1. The molecule has 0 saturated heterocycles. The standard InChI is InChI=1S/C14H23ClN2S/c1-10-4-6-14(9-15,7-5-10)16-8-13-17-11(2)12(3)18-13/h10,16H,4-9H2,1-3H3. The minimum atomic E-state index is 0.140. The Hall–Kier alpha value is -0.120. The largest absolute Gasteiger partial charge is 0.304 e. The van der Waals surface area contributed by atoms with Crippen molar-refractivity contribution >= 4 is 22.9 Å². The second-order valence-electron chi connectivity index (χ2n) is 5.70. The number of aromatic nitrogens is 1. The topological polar surface area (TPSA) is 24.9 Å². The molecule has 1 aliphatic carbocycles. The van der Waals surface area contributed by atoms with Gasteiger partial charge in [-0.2, -0.15) is 0 Å². The van der Waals surface area contributed by atoms with Crippen molar-refractivity contribution in [2.45, 2.75) is 58.5 Å². The number of nitrogens with one attached hydrogen (secondary N) is 1. The third-order valence-electron chi connectivity index (χ3n) is 4.17. The smallest absolute Gasteiger partial charge is 0.107 e. The molecule has 1 heterocycles. The minimum Gasteiger partial charge on any atom is -0.304 e. The van der Waals surface area contributed by atoms with Crippen LogP contribution in [-0.2, 0) is 6.54 Å². The lowest BCUT2D eigenvalue weighted by Crippen LogP contribution is -2.49. The molecule has 1 aromatic rings. The highest BCUT2D eigenvalue weighted by Gasteiger charge is 2.33. The number of hydrogen-bond acceptors (Lipinski definition) is 3. The van der Waals surface area contributed by atoms with Crippen LogP contribution in [-0.4, -0.2) is 16.4 Å². The van der Waals surface area contributed by atoms with E-state index in [4.69, 9.17) is 11.6 Å². The molecule has 1 aliphatic rings. The Morgan fingerprint density at radius 3 is 2.56 bits per heavy atom. The van der Waals surface area contributed by atoms with E-state index in [2.05, 4.69) is 31.1 Å². The van der Waals surface area contributed by atoms with Crippen molar-refractivity contribution in [3.8, 4) is 0 Å². The summed E-state index contributed by atoms with van der Waals surface area (Å²) in [4.78, 5) is 5.91. The van der Waals surface area contributed by atoms with Crippen molar-refractivity contribution in [3.05, 3.63) is 15.6 Å². The lowest BCUT2D eigenvalue weighted by molar-refractivity contribution is 0.216. The highest BCUT2D eigenvalue weighted by atomic mass is 35.5. The molecule has 1 saturated carbocycles. The maximum atomic E-state index is 6.21. The van der Waals surface area contributed by atoms with Crippen molar-refractivity contribution in [1.82, 2.24) is 10.3 Å². The van der Waals surface area contributed by atoms with Gasteiger partial charge in [0.1, 0.15) is 5.01 Å². The second-order valence-corrected chi connectivity index (χ2v) is 7.25. The van der Waals surface area contributed by atoms with Gasteiger partial charge in [-0.05, 0) is 45.4 Å². The summed E-state index contributed by atoms with van der Waals surface area (Å²) in [5, 5.41) is 4.87. The summed E-state index contributed by atoms with van der Waals surface area (Å²) in [5.41, 5.74) is 1.30. The lowest BCUT2D eigenvalue weighted by atomic mass is 9.78. The predicted octanol–water partition coefficient (Wildman–Crippen LogP) is 4.04. The van der Waals surface area contributed by atoms with Gasteiger partial charge in [0, 0.05) is 22.8 Å². The van der Waals surface area contributed by atoms with Crippen molar-refractivity contribution in [2.75, 3.05) is 5.88 Å². The van der Waals surface area contributed by atoms with Crippen LogP contribution in [0.2, 0.25) is 0 Å². The Kier molecular flexibility index (Phi) is 4.68. The highest BCUT2D eigenvalue weighted by Crippen LogP contribution is 2.33. The Labute approximate surface area is 119 Å². The molecule has 0 bridgehead atoms. The molecule has 1 N–H and O–H groups in total. The fraction of sp³-hybridized carbons (Fsp3) is 0.786. The SMILES string of the molecule is Cc1nc(CNC2(CCl)CCC(C)CC2)sc1C. The molecule has 0 aromatic carbocycles. The van der Waals surface area contributed by atoms with E-state index in [0.29, 0.717) is 5.88 Å². The van der Waals surface area contributed by atoms with E-state index in [0.717, 1.165) is 18.2 Å². The number of hydrogen-bond donors (Lipinski definition) is 1. The third-order valence-corrected chi connectivity index (χ3v) is 5.76. The zero-order valence-electron chi connectivity index (χ0n) is 11.6. The first-order valence-corrected chi connectivity index (χ1v) is 8.14. The average Bonchev–Trinajstić information content (AvgIpc) is 2.69. The van der Waals surface area contributed by atoms with E-state index in [-0.39, 0.29) is 5.54 Å². The first-order chi connectivity index (χ1) is 8.54. The zero-order chi connectivity index (χ0) is 13.2. The van der Waals surface area contributed by atoms with Crippen molar-refractivity contribution in [2.24, 2.45) is 5.92 Å². The first kappa shape index (κ1) is 14.3. The summed E-state index contributed by atoms with van der Waals surface area (Å²) >= 11 is 8.00. The molecule has 0 amide bonds. The maximum Gasteiger partial charge on any atom is 0.107 e. The van der Waals surface area contributed by atoms with Crippen LogP contribution in [0.4, 0.5) is 0 Å². The number of rotatable bonds is 4. The van der Waals surface area contributed by atoms with Crippen LogP contribution >= 0.6 is 22.9 Å². The molecule has 1 aromatic heterocycles. The van der Waals surface area contributed by atoms with Gasteiger partial charge in [0.15, 0.2) is 0 Å². The third kappa shape index (κ3) is 3.25. The van der Waals surface area contributed by atoms with E-state index < -0.39 is 0 Å². The van der Waals surface area contributed by atoms with Crippen molar-refractivity contribution in [1.29, 1.82) is 0 Å². The van der Waals surface area contributed by atoms with Crippen LogP contribution in [0.15, 0.2) is 0 Å². The average molecular weight is 287 g/mol. The fourth-order valence-corrected chi connectivity index (χ4v) is 3.79. The quantitative estimate of drug-likeness (QED) is 0.845. The van der Waals surface area contributed by atoms with Crippen molar-refractivity contribution < 1.29 is 0 Å². The minimum absolute atomic E-state index is 0.140. The monoisotopic (exact) mass is 286 g/mol.